The number of rotatable bonds is 6. The Morgan fingerprint density at radius 1 is 1.12 bits per heavy atom. The molecule has 126 valence electrons. The fraction of sp³-hybridized carbons (Fsp3) is 0.188. The lowest BCUT2D eigenvalue weighted by Crippen LogP contribution is -2.26. The molecule has 5 nitrogen and oxygen atoms in total. The van der Waals surface area contributed by atoms with Crippen LogP contribution in [0.4, 0.5) is 8.78 Å². The zero-order valence-corrected chi connectivity index (χ0v) is 13.4. The maximum absolute atomic E-state index is 13.6. The van der Waals surface area contributed by atoms with E-state index in [0.29, 0.717) is 19.0 Å². The SMILES string of the molecule is O=S(=O)(NCCCn1cnc2ccccc21)c1cc(F)ccc1F. The second-order valence-electron chi connectivity index (χ2n) is 5.25. The molecule has 0 radical (unpaired) electrons. The van der Waals surface area contributed by atoms with Crippen molar-refractivity contribution in [3.05, 3.63) is 60.4 Å². The van der Waals surface area contributed by atoms with Crippen molar-refractivity contribution in [3.63, 3.8) is 0 Å². The Balaban J connectivity index is 1.62. The zero-order valence-electron chi connectivity index (χ0n) is 12.6. The predicted molar refractivity (Wildman–Crippen MR) is 85.9 cm³/mol. The maximum Gasteiger partial charge on any atom is 0.243 e. The molecule has 0 unspecified atom stereocenters. The molecule has 0 aliphatic carbocycles. The lowest BCUT2D eigenvalue weighted by atomic mass is 10.3. The lowest BCUT2D eigenvalue weighted by Gasteiger charge is -2.08. The molecule has 3 aromatic rings. The molecular formula is C16H15F2N3O2S. The van der Waals surface area contributed by atoms with Crippen molar-refractivity contribution < 1.29 is 17.2 Å². The number of para-hydroxylation sites is 2. The van der Waals surface area contributed by atoms with Crippen LogP contribution in [-0.2, 0) is 16.6 Å². The highest BCUT2D eigenvalue weighted by Crippen LogP contribution is 2.16. The summed E-state index contributed by atoms with van der Waals surface area (Å²) in [6, 6.07) is 9.94. The van der Waals surface area contributed by atoms with Crippen molar-refractivity contribution in [2.75, 3.05) is 6.54 Å². The van der Waals surface area contributed by atoms with E-state index >= 15 is 0 Å². The Labute approximate surface area is 138 Å². The monoisotopic (exact) mass is 351 g/mol. The van der Waals surface area contributed by atoms with Gasteiger partial charge in [0.2, 0.25) is 10.0 Å². The van der Waals surface area contributed by atoms with E-state index in [1.807, 2.05) is 28.8 Å². The Morgan fingerprint density at radius 2 is 1.92 bits per heavy atom. The molecule has 0 atom stereocenters. The van der Waals surface area contributed by atoms with Gasteiger partial charge in [-0.25, -0.2) is 26.9 Å². The highest BCUT2D eigenvalue weighted by molar-refractivity contribution is 7.89. The molecule has 0 spiro atoms. The van der Waals surface area contributed by atoms with E-state index < -0.39 is 26.6 Å². The van der Waals surface area contributed by atoms with Gasteiger partial charge in [0.1, 0.15) is 16.5 Å². The summed E-state index contributed by atoms with van der Waals surface area (Å²) < 4.78 is 55.0. The summed E-state index contributed by atoms with van der Waals surface area (Å²) in [5.41, 5.74) is 1.82. The number of aromatic nitrogens is 2. The average molecular weight is 351 g/mol. The largest absolute Gasteiger partial charge is 0.331 e. The quantitative estimate of drug-likeness (QED) is 0.695. The molecule has 3 rings (SSSR count). The number of fused-ring (bicyclic) bond motifs is 1. The van der Waals surface area contributed by atoms with Gasteiger partial charge in [0, 0.05) is 13.1 Å². The van der Waals surface area contributed by atoms with E-state index in [2.05, 4.69) is 9.71 Å². The average Bonchev–Trinajstić information content (AvgIpc) is 2.97. The third-order valence-electron chi connectivity index (χ3n) is 3.58. The normalized spacial score (nSPS) is 11.9. The van der Waals surface area contributed by atoms with E-state index in [0.717, 1.165) is 23.2 Å². The topological polar surface area (TPSA) is 64.0 Å². The van der Waals surface area contributed by atoms with Crippen molar-refractivity contribution in [1.29, 1.82) is 0 Å². The van der Waals surface area contributed by atoms with Gasteiger partial charge in [-0.15, -0.1) is 0 Å². The van der Waals surface area contributed by atoms with Gasteiger partial charge < -0.3 is 4.57 Å². The zero-order chi connectivity index (χ0) is 17.2. The summed E-state index contributed by atoms with van der Waals surface area (Å²) in [5.74, 6) is -1.79. The van der Waals surface area contributed by atoms with Crippen molar-refractivity contribution in [1.82, 2.24) is 14.3 Å². The van der Waals surface area contributed by atoms with Crippen LogP contribution >= 0.6 is 0 Å². The summed E-state index contributed by atoms with van der Waals surface area (Å²) in [6.07, 6.45) is 2.17. The van der Waals surface area contributed by atoms with Crippen LogP contribution in [0.25, 0.3) is 11.0 Å². The first kappa shape index (κ1) is 16.5. The van der Waals surface area contributed by atoms with E-state index in [9.17, 15) is 17.2 Å². The number of sulfonamides is 1. The van der Waals surface area contributed by atoms with Crippen LogP contribution in [-0.4, -0.2) is 24.5 Å². The summed E-state index contributed by atoms with van der Waals surface area (Å²) in [6.45, 7) is 0.652. The Kier molecular flexibility index (Phi) is 4.59. The van der Waals surface area contributed by atoms with Crippen molar-refractivity contribution >= 4 is 21.1 Å². The molecule has 0 aliphatic rings. The molecule has 0 aliphatic heterocycles. The molecule has 1 aromatic heterocycles. The third kappa shape index (κ3) is 3.44. The summed E-state index contributed by atoms with van der Waals surface area (Å²) in [7, 11) is -4.09. The summed E-state index contributed by atoms with van der Waals surface area (Å²) in [4.78, 5) is 3.56. The number of imidazole rings is 1. The lowest BCUT2D eigenvalue weighted by molar-refractivity contribution is 0.542. The molecule has 1 N–H and O–H groups in total. The molecule has 24 heavy (non-hydrogen) atoms. The minimum Gasteiger partial charge on any atom is -0.331 e. The van der Waals surface area contributed by atoms with Crippen LogP contribution in [0, 0.1) is 11.6 Å². The van der Waals surface area contributed by atoms with Crippen LogP contribution < -0.4 is 4.72 Å². The van der Waals surface area contributed by atoms with E-state index in [4.69, 9.17) is 0 Å². The molecule has 2 aromatic carbocycles. The van der Waals surface area contributed by atoms with E-state index in [1.54, 1.807) is 6.33 Å². The summed E-state index contributed by atoms with van der Waals surface area (Å²) in [5, 5.41) is 0. The number of aryl methyl sites for hydroxylation is 1. The Bertz CT molecular complexity index is 970. The standard InChI is InChI=1S/C16H15F2N3O2S/c17-12-6-7-13(18)16(10-12)24(22,23)20-8-3-9-21-11-19-14-4-1-2-5-15(14)21/h1-2,4-7,10-11,20H,3,8-9H2. The minimum atomic E-state index is -4.09. The van der Waals surface area contributed by atoms with Gasteiger partial charge in [0.05, 0.1) is 17.4 Å². The van der Waals surface area contributed by atoms with Gasteiger partial charge in [0.15, 0.2) is 0 Å². The molecule has 0 fully saturated rings. The van der Waals surface area contributed by atoms with Crippen molar-refractivity contribution in [2.45, 2.75) is 17.9 Å². The fourth-order valence-corrected chi connectivity index (χ4v) is 3.57. The smallest absolute Gasteiger partial charge is 0.243 e. The molecule has 0 amide bonds. The molecule has 0 bridgehead atoms. The molecule has 0 saturated carbocycles. The summed E-state index contributed by atoms with van der Waals surface area (Å²) >= 11 is 0. The Hall–Kier alpha value is -2.32. The van der Waals surface area contributed by atoms with Crippen LogP contribution in [0.3, 0.4) is 0 Å². The molecule has 8 heteroatoms. The van der Waals surface area contributed by atoms with Crippen molar-refractivity contribution in [3.8, 4) is 0 Å². The van der Waals surface area contributed by atoms with Gasteiger partial charge >= 0.3 is 0 Å². The van der Waals surface area contributed by atoms with Gasteiger partial charge in [-0.3, -0.25) is 0 Å². The maximum atomic E-state index is 13.6. The van der Waals surface area contributed by atoms with E-state index in [1.165, 1.54) is 0 Å². The second-order valence-corrected chi connectivity index (χ2v) is 6.99. The van der Waals surface area contributed by atoms with Crippen LogP contribution in [0.1, 0.15) is 6.42 Å². The number of hydrogen-bond donors (Lipinski definition) is 1. The first-order valence-electron chi connectivity index (χ1n) is 7.32. The highest BCUT2D eigenvalue weighted by Gasteiger charge is 2.19. The molecule has 0 saturated heterocycles. The van der Waals surface area contributed by atoms with Crippen molar-refractivity contribution in [2.24, 2.45) is 0 Å². The molecular weight excluding hydrogens is 336 g/mol. The highest BCUT2D eigenvalue weighted by atomic mass is 32.2. The molecule has 1 heterocycles. The van der Waals surface area contributed by atoms with Gasteiger partial charge in [-0.1, -0.05) is 12.1 Å². The number of hydrogen-bond acceptors (Lipinski definition) is 3. The van der Waals surface area contributed by atoms with Crippen LogP contribution in [0.5, 0.6) is 0 Å². The first-order chi connectivity index (χ1) is 11.5. The third-order valence-corrected chi connectivity index (χ3v) is 5.05. The minimum absolute atomic E-state index is 0.102. The van der Waals surface area contributed by atoms with Gasteiger partial charge in [-0.2, -0.15) is 0 Å². The fourth-order valence-electron chi connectivity index (χ4n) is 2.41. The van der Waals surface area contributed by atoms with Crippen LogP contribution in [0.15, 0.2) is 53.7 Å². The number of nitrogens with one attached hydrogen (secondary N) is 1. The number of halogens is 2. The number of nitrogens with zero attached hydrogens (tertiary/aromatic N) is 2. The Morgan fingerprint density at radius 3 is 2.75 bits per heavy atom. The van der Waals surface area contributed by atoms with E-state index in [-0.39, 0.29) is 6.54 Å². The number of benzene rings is 2. The van der Waals surface area contributed by atoms with Crippen LogP contribution in [0.2, 0.25) is 0 Å². The predicted octanol–water partition coefficient (Wildman–Crippen LogP) is 2.68. The van der Waals surface area contributed by atoms with Gasteiger partial charge in [-0.05, 0) is 36.8 Å². The first-order valence-corrected chi connectivity index (χ1v) is 8.80. The van der Waals surface area contributed by atoms with Gasteiger partial charge in [0.25, 0.3) is 0 Å². The second kappa shape index (κ2) is 6.66.